The average molecular weight is 231 g/mol. The molecule has 0 amide bonds. The molecule has 0 bridgehead atoms. The molecule has 0 unspecified atom stereocenters. The molecule has 2 heteroatoms. The molecule has 16 heavy (non-hydrogen) atoms. The molecule has 0 radical (unpaired) electrons. The minimum absolute atomic E-state index is 0.687. The number of aryl methyl sites for hydroxylation is 1. The highest BCUT2D eigenvalue weighted by Crippen LogP contribution is 2.26. The predicted molar refractivity (Wildman–Crippen MR) is 67.0 cm³/mol. The van der Waals surface area contributed by atoms with Gasteiger partial charge in [-0.15, -0.1) is 0 Å². The maximum atomic E-state index is 10.7. The Morgan fingerprint density at radius 2 is 1.94 bits per heavy atom. The van der Waals surface area contributed by atoms with E-state index in [-0.39, 0.29) is 0 Å². The summed E-state index contributed by atoms with van der Waals surface area (Å²) in [7, 11) is 0. The van der Waals surface area contributed by atoms with E-state index in [1.807, 2.05) is 43.3 Å². The van der Waals surface area contributed by atoms with Crippen LogP contribution in [-0.4, -0.2) is 6.29 Å². The summed E-state index contributed by atoms with van der Waals surface area (Å²) in [5, 5.41) is 0.729. The van der Waals surface area contributed by atoms with Crippen LogP contribution in [0.25, 0.3) is 11.1 Å². The smallest absolute Gasteiger partial charge is 0.150 e. The molecule has 0 aliphatic carbocycles. The quantitative estimate of drug-likeness (QED) is 0.709. The van der Waals surface area contributed by atoms with Crippen molar-refractivity contribution in [2.75, 3.05) is 0 Å². The van der Waals surface area contributed by atoms with Crippen molar-refractivity contribution in [3.63, 3.8) is 0 Å². The first-order valence-corrected chi connectivity index (χ1v) is 5.40. The van der Waals surface area contributed by atoms with E-state index in [1.54, 1.807) is 6.07 Å². The lowest BCUT2D eigenvalue weighted by Gasteiger charge is -2.06. The van der Waals surface area contributed by atoms with Gasteiger partial charge in [-0.1, -0.05) is 35.9 Å². The molecule has 0 N–H and O–H groups in total. The van der Waals surface area contributed by atoms with E-state index in [0.29, 0.717) is 5.56 Å². The SMILES string of the molecule is Cc1cc(Cl)ccc1-c1cccc(C=O)c1. The third kappa shape index (κ3) is 2.15. The van der Waals surface area contributed by atoms with Crippen LogP contribution in [0.1, 0.15) is 15.9 Å². The van der Waals surface area contributed by atoms with Crippen molar-refractivity contribution in [3.8, 4) is 11.1 Å². The molecule has 0 aliphatic heterocycles. The van der Waals surface area contributed by atoms with E-state index in [1.165, 1.54) is 0 Å². The Morgan fingerprint density at radius 1 is 1.12 bits per heavy atom. The summed E-state index contributed by atoms with van der Waals surface area (Å²) in [5.74, 6) is 0. The minimum Gasteiger partial charge on any atom is -0.298 e. The van der Waals surface area contributed by atoms with Crippen molar-refractivity contribution in [2.24, 2.45) is 0 Å². The molecular weight excluding hydrogens is 220 g/mol. The summed E-state index contributed by atoms with van der Waals surface area (Å²) in [6, 6.07) is 13.3. The number of benzene rings is 2. The fraction of sp³-hybridized carbons (Fsp3) is 0.0714. The topological polar surface area (TPSA) is 17.1 Å². The summed E-state index contributed by atoms with van der Waals surface area (Å²) >= 11 is 5.91. The second-order valence-corrected chi connectivity index (χ2v) is 4.14. The highest BCUT2D eigenvalue weighted by Gasteiger charge is 2.03. The standard InChI is InChI=1S/C14H11ClO/c1-10-7-13(15)5-6-14(10)12-4-2-3-11(8-12)9-16/h2-9H,1H3. The zero-order valence-corrected chi connectivity index (χ0v) is 9.66. The minimum atomic E-state index is 0.687. The van der Waals surface area contributed by atoms with Gasteiger partial charge in [-0.2, -0.15) is 0 Å². The maximum absolute atomic E-state index is 10.7. The van der Waals surface area contributed by atoms with Crippen LogP contribution >= 0.6 is 11.6 Å². The Labute approximate surface area is 99.7 Å². The number of hydrogen-bond acceptors (Lipinski definition) is 1. The third-order valence-corrected chi connectivity index (χ3v) is 2.76. The third-order valence-electron chi connectivity index (χ3n) is 2.52. The lowest BCUT2D eigenvalue weighted by Crippen LogP contribution is -1.85. The first-order valence-electron chi connectivity index (χ1n) is 5.02. The number of carbonyl (C=O) groups excluding carboxylic acids is 1. The lowest BCUT2D eigenvalue weighted by atomic mass is 9.99. The molecule has 0 aliphatic rings. The molecule has 80 valence electrons. The maximum Gasteiger partial charge on any atom is 0.150 e. The molecule has 2 rings (SSSR count). The number of hydrogen-bond donors (Lipinski definition) is 0. The van der Waals surface area contributed by atoms with Crippen LogP contribution in [0.4, 0.5) is 0 Å². The van der Waals surface area contributed by atoms with Gasteiger partial charge in [0.05, 0.1) is 0 Å². The van der Waals surface area contributed by atoms with Crippen LogP contribution in [0, 0.1) is 6.92 Å². The predicted octanol–water partition coefficient (Wildman–Crippen LogP) is 4.13. The zero-order chi connectivity index (χ0) is 11.5. The average Bonchev–Trinajstić information content (AvgIpc) is 2.29. The van der Waals surface area contributed by atoms with Gasteiger partial charge in [0.2, 0.25) is 0 Å². The van der Waals surface area contributed by atoms with Gasteiger partial charge in [0, 0.05) is 10.6 Å². The molecule has 0 saturated heterocycles. The molecule has 0 spiro atoms. The van der Waals surface area contributed by atoms with Gasteiger partial charge < -0.3 is 0 Å². The van der Waals surface area contributed by atoms with Gasteiger partial charge in [-0.05, 0) is 41.8 Å². The number of carbonyl (C=O) groups is 1. The lowest BCUT2D eigenvalue weighted by molar-refractivity contribution is 0.112. The molecule has 0 fully saturated rings. The summed E-state index contributed by atoms with van der Waals surface area (Å²) in [6.07, 6.45) is 0.856. The molecule has 0 saturated carbocycles. The van der Waals surface area contributed by atoms with Crippen LogP contribution < -0.4 is 0 Å². The Kier molecular flexibility index (Phi) is 3.07. The first kappa shape index (κ1) is 10.9. The van der Waals surface area contributed by atoms with Gasteiger partial charge in [-0.3, -0.25) is 4.79 Å². The summed E-state index contributed by atoms with van der Waals surface area (Å²) in [6.45, 7) is 2.01. The number of halogens is 1. The fourth-order valence-corrected chi connectivity index (χ4v) is 1.96. The zero-order valence-electron chi connectivity index (χ0n) is 8.91. The number of rotatable bonds is 2. The molecular formula is C14H11ClO. The second kappa shape index (κ2) is 4.50. The fourth-order valence-electron chi connectivity index (χ4n) is 1.73. The van der Waals surface area contributed by atoms with Gasteiger partial charge >= 0.3 is 0 Å². The van der Waals surface area contributed by atoms with Crippen molar-refractivity contribution < 1.29 is 4.79 Å². The van der Waals surface area contributed by atoms with Crippen LogP contribution in [0.5, 0.6) is 0 Å². The van der Waals surface area contributed by atoms with Gasteiger partial charge in [0.1, 0.15) is 6.29 Å². The van der Waals surface area contributed by atoms with E-state index < -0.39 is 0 Å². The number of aldehydes is 1. The molecule has 0 heterocycles. The Balaban J connectivity index is 2.53. The first-order chi connectivity index (χ1) is 7.70. The van der Waals surface area contributed by atoms with Crippen molar-refractivity contribution in [1.29, 1.82) is 0 Å². The monoisotopic (exact) mass is 230 g/mol. The summed E-state index contributed by atoms with van der Waals surface area (Å²) in [4.78, 5) is 10.7. The van der Waals surface area contributed by atoms with Crippen molar-refractivity contribution in [3.05, 3.63) is 58.6 Å². The summed E-state index contributed by atoms with van der Waals surface area (Å²) in [5.41, 5.74) is 3.94. The second-order valence-electron chi connectivity index (χ2n) is 3.70. The molecule has 0 aromatic heterocycles. The van der Waals surface area contributed by atoms with Crippen LogP contribution in [0.15, 0.2) is 42.5 Å². The van der Waals surface area contributed by atoms with Gasteiger partial charge in [0.15, 0.2) is 0 Å². The Morgan fingerprint density at radius 3 is 2.62 bits per heavy atom. The molecule has 1 nitrogen and oxygen atoms in total. The van der Waals surface area contributed by atoms with Crippen molar-refractivity contribution >= 4 is 17.9 Å². The normalized spacial score (nSPS) is 10.1. The Hall–Kier alpha value is -1.60. The van der Waals surface area contributed by atoms with E-state index >= 15 is 0 Å². The highest BCUT2D eigenvalue weighted by atomic mass is 35.5. The van der Waals surface area contributed by atoms with E-state index in [4.69, 9.17) is 11.6 Å². The van der Waals surface area contributed by atoms with Crippen LogP contribution in [0.2, 0.25) is 5.02 Å². The van der Waals surface area contributed by atoms with Crippen LogP contribution in [-0.2, 0) is 0 Å². The summed E-state index contributed by atoms with van der Waals surface area (Å²) < 4.78 is 0. The van der Waals surface area contributed by atoms with E-state index in [9.17, 15) is 4.79 Å². The van der Waals surface area contributed by atoms with Gasteiger partial charge in [0.25, 0.3) is 0 Å². The largest absolute Gasteiger partial charge is 0.298 e. The van der Waals surface area contributed by atoms with Crippen molar-refractivity contribution in [1.82, 2.24) is 0 Å². The van der Waals surface area contributed by atoms with Crippen molar-refractivity contribution in [2.45, 2.75) is 6.92 Å². The highest BCUT2D eigenvalue weighted by molar-refractivity contribution is 6.30. The van der Waals surface area contributed by atoms with Crippen LogP contribution in [0.3, 0.4) is 0 Å². The molecule has 0 atom stereocenters. The molecule has 2 aromatic rings. The molecule has 2 aromatic carbocycles. The van der Waals surface area contributed by atoms with E-state index in [0.717, 1.165) is 28.0 Å². The Bertz CT molecular complexity index is 532. The van der Waals surface area contributed by atoms with Gasteiger partial charge in [-0.25, -0.2) is 0 Å². The van der Waals surface area contributed by atoms with E-state index in [2.05, 4.69) is 0 Å².